The molecule has 0 saturated carbocycles. The zero-order valence-electron chi connectivity index (χ0n) is 10.4. The summed E-state index contributed by atoms with van der Waals surface area (Å²) in [5.74, 6) is 2.03. The second-order valence-electron chi connectivity index (χ2n) is 4.10. The van der Waals surface area contributed by atoms with Gasteiger partial charge in [0.05, 0.1) is 0 Å². The van der Waals surface area contributed by atoms with E-state index in [-0.39, 0.29) is 6.61 Å². The van der Waals surface area contributed by atoms with Crippen LogP contribution in [0.1, 0.15) is 18.7 Å². The number of aromatic nitrogens is 4. The first-order valence-corrected chi connectivity index (χ1v) is 5.96. The second-order valence-corrected chi connectivity index (χ2v) is 4.10. The van der Waals surface area contributed by atoms with E-state index in [2.05, 4.69) is 15.2 Å². The summed E-state index contributed by atoms with van der Waals surface area (Å²) in [5, 5.41) is 17.0. The molecule has 6 nitrogen and oxygen atoms in total. The first-order valence-electron chi connectivity index (χ1n) is 5.96. The van der Waals surface area contributed by atoms with Gasteiger partial charge in [0.1, 0.15) is 17.3 Å². The Hall–Kier alpha value is -1.95. The Bertz CT molecular complexity index is 523. The summed E-state index contributed by atoms with van der Waals surface area (Å²) in [6.45, 7) is 2.87. The van der Waals surface area contributed by atoms with E-state index in [0.717, 1.165) is 36.7 Å². The summed E-state index contributed by atoms with van der Waals surface area (Å²) in [4.78, 5) is 4.25. The van der Waals surface area contributed by atoms with E-state index in [1.165, 1.54) is 0 Å². The van der Waals surface area contributed by atoms with Crippen molar-refractivity contribution in [1.29, 1.82) is 0 Å². The molecule has 6 heteroatoms. The number of unbranched alkanes of at least 4 members (excludes halogenated alkanes) is 1. The highest BCUT2D eigenvalue weighted by atomic mass is 16.2. The molecule has 2 aromatic rings. The Balaban J connectivity index is 2.28. The van der Waals surface area contributed by atoms with E-state index in [9.17, 15) is 0 Å². The van der Waals surface area contributed by atoms with Crippen molar-refractivity contribution in [1.82, 2.24) is 19.7 Å². The van der Waals surface area contributed by atoms with Crippen molar-refractivity contribution in [2.75, 3.05) is 12.3 Å². The molecule has 0 unspecified atom stereocenters. The minimum atomic E-state index is 0.201. The van der Waals surface area contributed by atoms with Crippen LogP contribution in [0.5, 0.6) is 0 Å². The summed E-state index contributed by atoms with van der Waals surface area (Å²) >= 11 is 0. The lowest BCUT2D eigenvalue weighted by Crippen LogP contribution is -2.05. The predicted octanol–water partition coefficient (Wildman–Crippen LogP) is 1.00. The first kappa shape index (κ1) is 12.5. The van der Waals surface area contributed by atoms with Gasteiger partial charge >= 0.3 is 0 Å². The number of aryl methyl sites for hydroxylation is 1. The molecule has 96 valence electrons. The average molecular weight is 247 g/mol. The van der Waals surface area contributed by atoms with E-state index in [1.54, 1.807) is 6.07 Å². The molecule has 2 heterocycles. The molecular formula is C12H17N5O. The van der Waals surface area contributed by atoms with Gasteiger partial charge in [-0.2, -0.15) is 0 Å². The minimum absolute atomic E-state index is 0.201. The van der Waals surface area contributed by atoms with E-state index in [0.29, 0.717) is 5.82 Å². The molecule has 18 heavy (non-hydrogen) atoms. The third kappa shape index (κ3) is 2.65. The molecule has 0 aliphatic heterocycles. The number of hydrogen-bond donors (Lipinski definition) is 2. The van der Waals surface area contributed by atoms with Crippen LogP contribution in [0.15, 0.2) is 18.2 Å². The predicted molar refractivity (Wildman–Crippen MR) is 68.7 cm³/mol. The third-order valence-electron chi connectivity index (χ3n) is 2.73. The molecule has 0 spiro atoms. The van der Waals surface area contributed by atoms with E-state index in [4.69, 9.17) is 10.8 Å². The molecule has 0 fully saturated rings. The summed E-state index contributed by atoms with van der Waals surface area (Å²) < 4.78 is 2.00. The standard InChI is InChI=1S/C12H17N5O/c1-9-15-16-12(17(9)7-2-3-8-18)10-5-4-6-11(13)14-10/h4-6,18H,2-3,7-8H2,1H3,(H2,13,14). The highest BCUT2D eigenvalue weighted by Gasteiger charge is 2.11. The molecule has 0 atom stereocenters. The first-order chi connectivity index (χ1) is 8.72. The molecule has 0 aromatic carbocycles. The fourth-order valence-electron chi connectivity index (χ4n) is 1.80. The van der Waals surface area contributed by atoms with Gasteiger partial charge in [-0.1, -0.05) is 6.07 Å². The van der Waals surface area contributed by atoms with Crippen LogP contribution < -0.4 is 5.73 Å². The minimum Gasteiger partial charge on any atom is -0.396 e. The summed E-state index contributed by atoms with van der Waals surface area (Å²) in [5.41, 5.74) is 6.39. The summed E-state index contributed by atoms with van der Waals surface area (Å²) in [6, 6.07) is 5.45. The van der Waals surface area contributed by atoms with Crippen LogP contribution in [0, 0.1) is 6.92 Å². The summed E-state index contributed by atoms with van der Waals surface area (Å²) in [7, 11) is 0. The van der Waals surface area contributed by atoms with E-state index in [1.807, 2.05) is 23.6 Å². The van der Waals surface area contributed by atoms with Gasteiger partial charge in [-0.15, -0.1) is 10.2 Å². The normalized spacial score (nSPS) is 10.8. The van der Waals surface area contributed by atoms with Crippen LogP contribution in [-0.2, 0) is 6.54 Å². The number of nitrogens with two attached hydrogens (primary N) is 1. The van der Waals surface area contributed by atoms with Crippen LogP contribution >= 0.6 is 0 Å². The zero-order chi connectivity index (χ0) is 13.0. The van der Waals surface area contributed by atoms with Gasteiger partial charge in [-0.25, -0.2) is 4.98 Å². The monoisotopic (exact) mass is 247 g/mol. The van der Waals surface area contributed by atoms with Crippen molar-refractivity contribution in [3.05, 3.63) is 24.0 Å². The third-order valence-corrected chi connectivity index (χ3v) is 2.73. The topological polar surface area (TPSA) is 89.9 Å². The second kappa shape index (κ2) is 5.59. The fraction of sp³-hybridized carbons (Fsp3) is 0.417. The molecule has 2 rings (SSSR count). The lowest BCUT2D eigenvalue weighted by molar-refractivity contribution is 0.281. The molecule has 0 amide bonds. The van der Waals surface area contributed by atoms with Crippen LogP contribution in [0.3, 0.4) is 0 Å². The quantitative estimate of drug-likeness (QED) is 0.769. The van der Waals surface area contributed by atoms with Gasteiger partial charge in [-0.3, -0.25) is 0 Å². The lowest BCUT2D eigenvalue weighted by Gasteiger charge is -2.07. The number of nitrogens with zero attached hydrogens (tertiary/aromatic N) is 4. The van der Waals surface area contributed by atoms with Gasteiger partial charge in [0.25, 0.3) is 0 Å². The van der Waals surface area contributed by atoms with Gasteiger partial charge in [0.15, 0.2) is 5.82 Å². The van der Waals surface area contributed by atoms with Crippen LogP contribution in [0.25, 0.3) is 11.5 Å². The van der Waals surface area contributed by atoms with Crippen LogP contribution in [0.2, 0.25) is 0 Å². The molecular weight excluding hydrogens is 230 g/mol. The summed E-state index contributed by atoms with van der Waals surface area (Å²) in [6.07, 6.45) is 1.64. The van der Waals surface area contributed by atoms with E-state index < -0.39 is 0 Å². The number of rotatable bonds is 5. The Morgan fingerprint density at radius 3 is 2.83 bits per heavy atom. The number of aliphatic hydroxyl groups excluding tert-OH is 1. The Morgan fingerprint density at radius 1 is 1.28 bits per heavy atom. The molecule has 0 bridgehead atoms. The van der Waals surface area contributed by atoms with Gasteiger partial charge in [0.2, 0.25) is 0 Å². The number of pyridine rings is 1. The van der Waals surface area contributed by atoms with E-state index >= 15 is 0 Å². The highest BCUT2D eigenvalue weighted by molar-refractivity contribution is 5.52. The Labute approximate surface area is 105 Å². The Kier molecular flexibility index (Phi) is 3.88. The largest absolute Gasteiger partial charge is 0.396 e. The zero-order valence-corrected chi connectivity index (χ0v) is 10.4. The molecule has 0 radical (unpaired) electrons. The maximum absolute atomic E-state index is 8.82. The van der Waals surface area contributed by atoms with Gasteiger partial charge in [0, 0.05) is 13.2 Å². The number of nitrogen functional groups attached to an aromatic ring is 1. The molecule has 0 aliphatic rings. The average Bonchev–Trinajstić information content (AvgIpc) is 2.72. The maximum atomic E-state index is 8.82. The Morgan fingerprint density at radius 2 is 2.11 bits per heavy atom. The molecule has 0 aliphatic carbocycles. The SMILES string of the molecule is Cc1nnc(-c2cccc(N)n2)n1CCCCO. The number of aliphatic hydroxyl groups is 1. The number of hydrogen-bond acceptors (Lipinski definition) is 5. The lowest BCUT2D eigenvalue weighted by atomic mass is 10.3. The van der Waals surface area contributed by atoms with Crippen molar-refractivity contribution < 1.29 is 5.11 Å². The van der Waals surface area contributed by atoms with Crippen molar-refractivity contribution in [2.45, 2.75) is 26.3 Å². The molecule has 2 aromatic heterocycles. The van der Waals surface area contributed by atoms with Crippen molar-refractivity contribution in [2.24, 2.45) is 0 Å². The number of anilines is 1. The molecule has 3 N–H and O–H groups in total. The van der Waals surface area contributed by atoms with Crippen LogP contribution in [-0.4, -0.2) is 31.5 Å². The molecule has 0 saturated heterocycles. The van der Waals surface area contributed by atoms with Gasteiger partial charge in [-0.05, 0) is 31.9 Å². The van der Waals surface area contributed by atoms with Crippen molar-refractivity contribution in [3.63, 3.8) is 0 Å². The fourth-order valence-corrected chi connectivity index (χ4v) is 1.80. The van der Waals surface area contributed by atoms with Crippen molar-refractivity contribution >= 4 is 5.82 Å². The smallest absolute Gasteiger partial charge is 0.182 e. The van der Waals surface area contributed by atoms with Crippen LogP contribution in [0.4, 0.5) is 5.82 Å². The highest BCUT2D eigenvalue weighted by Crippen LogP contribution is 2.17. The maximum Gasteiger partial charge on any atom is 0.182 e. The van der Waals surface area contributed by atoms with Crippen molar-refractivity contribution in [3.8, 4) is 11.5 Å². The van der Waals surface area contributed by atoms with Gasteiger partial charge < -0.3 is 15.4 Å².